The molecule has 3 heteroatoms. The second kappa shape index (κ2) is 3.17. The van der Waals surface area contributed by atoms with Crippen molar-refractivity contribution < 1.29 is 9.21 Å². The summed E-state index contributed by atoms with van der Waals surface area (Å²) in [5.41, 5.74) is 0. The van der Waals surface area contributed by atoms with Gasteiger partial charge in [0.05, 0.1) is 0 Å². The first kappa shape index (κ1) is 7.76. The fourth-order valence-corrected chi connectivity index (χ4v) is 0.758. The maximum atomic E-state index is 9.80. The second-order valence-corrected chi connectivity index (χ2v) is 2.53. The predicted octanol–water partition coefficient (Wildman–Crippen LogP) is 2.37. The van der Waals surface area contributed by atoms with Crippen molar-refractivity contribution in [2.75, 3.05) is 0 Å². The van der Waals surface area contributed by atoms with Crippen molar-refractivity contribution in [2.45, 2.75) is 19.8 Å². The van der Waals surface area contributed by atoms with Crippen LogP contribution in [-0.2, 0) is 4.79 Å². The van der Waals surface area contributed by atoms with Crippen LogP contribution in [0.3, 0.4) is 0 Å². The molecule has 0 aliphatic heterocycles. The molecule has 0 aliphatic rings. The molecule has 0 fully saturated rings. The molecular weight excluding hydrogens is 142 g/mol. The van der Waals surface area contributed by atoms with Crippen LogP contribution < -0.4 is 0 Å². The van der Waals surface area contributed by atoms with Gasteiger partial charge in [-0.05, 0) is 6.07 Å². The van der Waals surface area contributed by atoms with E-state index < -0.39 is 0 Å². The molecule has 1 aromatic rings. The summed E-state index contributed by atoms with van der Waals surface area (Å²) >= 11 is 0. The summed E-state index contributed by atoms with van der Waals surface area (Å²) < 4.78 is 5.16. The molecule has 11 heavy (non-hydrogen) atoms. The zero-order valence-electron chi connectivity index (χ0n) is 6.50. The minimum Gasteiger partial charge on any atom is -0.442 e. The van der Waals surface area contributed by atoms with Crippen molar-refractivity contribution in [3.8, 4) is 0 Å². The summed E-state index contributed by atoms with van der Waals surface area (Å²) in [7, 11) is 0. The first-order chi connectivity index (χ1) is 5.24. The smallest absolute Gasteiger partial charge is 0.243 e. The molecule has 0 saturated heterocycles. The molecule has 0 saturated carbocycles. The minimum atomic E-state index is 0.323. The van der Waals surface area contributed by atoms with Crippen LogP contribution in [0.1, 0.15) is 25.5 Å². The molecule has 0 N–H and O–H groups in total. The maximum absolute atomic E-state index is 9.80. The fourth-order valence-electron chi connectivity index (χ4n) is 0.758. The van der Waals surface area contributed by atoms with Crippen molar-refractivity contribution in [3.05, 3.63) is 17.9 Å². The lowest BCUT2D eigenvalue weighted by Crippen LogP contribution is -1.79. The first-order valence-electron chi connectivity index (χ1n) is 3.41. The van der Waals surface area contributed by atoms with Gasteiger partial charge in [0.1, 0.15) is 5.76 Å². The lowest BCUT2D eigenvalue weighted by atomic mass is 10.2. The molecule has 0 bridgehead atoms. The lowest BCUT2D eigenvalue weighted by molar-refractivity contribution is 0.494. The van der Waals surface area contributed by atoms with Gasteiger partial charge in [0, 0.05) is 12.0 Å². The highest BCUT2D eigenvalue weighted by Gasteiger charge is 2.03. The van der Waals surface area contributed by atoms with Gasteiger partial charge in [-0.3, -0.25) is 0 Å². The van der Waals surface area contributed by atoms with Crippen molar-refractivity contribution >= 4 is 12.0 Å². The topological polar surface area (TPSA) is 42.6 Å². The number of furan rings is 1. The van der Waals surface area contributed by atoms with Gasteiger partial charge in [-0.1, -0.05) is 13.8 Å². The molecule has 0 aromatic carbocycles. The molecule has 0 aliphatic carbocycles. The van der Waals surface area contributed by atoms with E-state index in [1.54, 1.807) is 12.1 Å². The minimum absolute atomic E-state index is 0.323. The third kappa shape index (κ3) is 1.79. The van der Waals surface area contributed by atoms with Gasteiger partial charge in [0.2, 0.25) is 12.0 Å². The number of carbonyl (C=O) groups excluding carboxylic acids is 1. The quantitative estimate of drug-likeness (QED) is 0.481. The molecular formula is C8H9NO2. The Morgan fingerprint density at radius 3 is 2.73 bits per heavy atom. The maximum Gasteiger partial charge on any atom is 0.243 e. The van der Waals surface area contributed by atoms with E-state index in [1.807, 2.05) is 13.8 Å². The van der Waals surface area contributed by atoms with E-state index in [0.717, 1.165) is 5.76 Å². The van der Waals surface area contributed by atoms with Gasteiger partial charge < -0.3 is 4.42 Å². The summed E-state index contributed by atoms with van der Waals surface area (Å²) in [4.78, 5) is 13.1. The van der Waals surface area contributed by atoms with Gasteiger partial charge in [-0.15, -0.1) is 4.99 Å². The Kier molecular flexibility index (Phi) is 2.24. The van der Waals surface area contributed by atoms with Gasteiger partial charge >= 0.3 is 0 Å². The third-order valence-electron chi connectivity index (χ3n) is 1.34. The number of hydrogen-bond donors (Lipinski definition) is 0. The first-order valence-corrected chi connectivity index (χ1v) is 3.41. The summed E-state index contributed by atoms with van der Waals surface area (Å²) in [5.74, 6) is 1.48. The van der Waals surface area contributed by atoms with E-state index in [1.165, 1.54) is 6.08 Å². The lowest BCUT2D eigenvalue weighted by Gasteiger charge is -1.95. The van der Waals surface area contributed by atoms with E-state index >= 15 is 0 Å². The average molecular weight is 151 g/mol. The molecule has 1 aromatic heterocycles. The molecule has 58 valence electrons. The summed E-state index contributed by atoms with van der Waals surface area (Å²) in [6.45, 7) is 4.01. The molecule has 0 radical (unpaired) electrons. The van der Waals surface area contributed by atoms with Gasteiger partial charge in [0.15, 0.2) is 0 Å². The summed E-state index contributed by atoms with van der Waals surface area (Å²) in [5, 5.41) is 0. The van der Waals surface area contributed by atoms with Crippen LogP contribution in [-0.4, -0.2) is 6.08 Å². The summed E-state index contributed by atoms with van der Waals surface area (Å²) in [6, 6.07) is 3.46. The largest absolute Gasteiger partial charge is 0.442 e. The average Bonchev–Trinajstić information content (AvgIpc) is 2.37. The molecule has 0 spiro atoms. The predicted molar refractivity (Wildman–Crippen MR) is 40.6 cm³/mol. The van der Waals surface area contributed by atoms with Gasteiger partial charge in [-0.2, -0.15) is 0 Å². The Balaban J connectivity index is 2.90. The van der Waals surface area contributed by atoms with Crippen molar-refractivity contribution in [2.24, 2.45) is 4.99 Å². The number of isocyanates is 1. The van der Waals surface area contributed by atoms with Crippen LogP contribution in [0, 0.1) is 0 Å². The van der Waals surface area contributed by atoms with Crippen molar-refractivity contribution in [3.63, 3.8) is 0 Å². The molecule has 0 atom stereocenters. The Hall–Kier alpha value is -1.34. The van der Waals surface area contributed by atoms with Crippen molar-refractivity contribution in [1.82, 2.24) is 0 Å². The number of aliphatic imine (C=N–C) groups is 1. The molecule has 0 amide bonds. The van der Waals surface area contributed by atoms with E-state index in [0.29, 0.717) is 11.8 Å². The Morgan fingerprint density at radius 1 is 1.55 bits per heavy atom. The summed E-state index contributed by atoms with van der Waals surface area (Å²) in [6.07, 6.45) is 1.42. The van der Waals surface area contributed by atoms with E-state index in [-0.39, 0.29) is 0 Å². The Bertz CT molecular complexity index is 282. The molecule has 0 unspecified atom stereocenters. The van der Waals surface area contributed by atoms with E-state index in [9.17, 15) is 4.79 Å². The van der Waals surface area contributed by atoms with Crippen LogP contribution in [0.5, 0.6) is 0 Å². The van der Waals surface area contributed by atoms with Crippen LogP contribution in [0.2, 0.25) is 0 Å². The molecule has 1 rings (SSSR count). The Labute approximate surface area is 64.7 Å². The number of hydrogen-bond acceptors (Lipinski definition) is 3. The number of nitrogens with zero attached hydrogens (tertiary/aromatic N) is 1. The van der Waals surface area contributed by atoms with Gasteiger partial charge in [-0.25, -0.2) is 4.79 Å². The van der Waals surface area contributed by atoms with Crippen LogP contribution in [0.15, 0.2) is 21.5 Å². The fraction of sp³-hybridized carbons (Fsp3) is 0.375. The van der Waals surface area contributed by atoms with Crippen molar-refractivity contribution in [1.29, 1.82) is 0 Å². The SMILES string of the molecule is CC(C)c1ccc(N=C=O)o1. The molecule has 3 nitrogen and oxygen atoms in total. The standard InChI is InChI=1S/C8H9NO2/c1-6(2)7-3-4-8(11-7)9-5-10/h3-4,6H,1-2H3. The second-order valence-electron chi connectivity index (χ2n) is 2.53. The van der Waals surface area contributed by atoms with Gasteiger partial charge in [0.25, 0.3) is 0 Å². The number of rotatable bonds is 2. The zero-order valence-corrected chi connectivity index (χ0v) is 6.50. The van der Waals surface area contributed by atoms with E-state index in [2.05, 4.69) is 4.99 Å². The van der Waals surface area contributed by atoms with Crippen LogP contribution in [0.4, 0.5) is 5.88 Å². The van der Waals surface area contributed by atoms with Crippen LogP contribution in [0.25, 0.3) is 0 Å². The van der Waals surface area contributed by atoms with E-state index in [4.69, 9.17) is 4.42 Å². The molecule has 1 heterocycles. The highest BCUT2D eigenvalue weighted by Crippen LogP contribution is 2.22. The highest BCUT2D eigenvalue weighted by molar-refractivity contribution is 5.43. The monoisotopic (exact) mass is 151 g/mol. The zero-order chi connectivity index (χ0) is 8.27. The Morgan fingerprint density at radius 2 is 2.27 bits per heavy atom. The highest BCUT2D eigenvalue weighted by atomic mass is 16.4. The van der Waals surface area contributed by atoms with Crippen LogP contribution >= 0.6 is 0 Å². The normalized spacial score (nSPS) is 9.73. The third-order valence-corrected chi connectivity index (χ3v) is 1.34.